The van der Waals surface area contributed by atoms with E-state index in [0.29, 0.717) is 6.54 Å². The monoisotopic (exact) mass is 256 g/mol. The molecule has 0 aromatic heterocycles. The van der Waals surface area contributed by atoms with Crippen molar-refractivity contribution in [3.05, 3.63) is 0 Å². The van der Waals surface area contributed by atoms with E-state index in [0.717, 1.165) is 0 Å². The number of carbonyl (C=O) groups excluding carboxylic acids is 1. The van der Waals surface area contributed by atoms with Gasteiger partial charge in [0.2, 0.25) is 5.91 Å². The van der Waals surface area contributed by atoms with Crippen LogP contribution < -0.4 is 16.4 Å². The fourth-order valence-electron chi connectivity index (χ4n) is 1.05. The maximum Gasteiger partial charge on any atom is 0.400 e. The summed E-state index contributed by atoms with van der Waals surface area (Å²) in [5.74, 6) is -3.49. The largest absolute Gasteiger partial charge is 0.409 e. The molecule has 0 fully saturated rings. The summed E-state index contributed by atoms with van der Waals surface area (Å²) in [6, 6.07) is 0. The number of amides is 1. The number of carbonyl (C=O) groups is 1. The predicted molar refractivity (Wildman–Crippen MR) is 54.5 cm³/mol. The first-order chi connectivity index (χ1) is 7.82. The van der Waals surface area contributed by atoms with Crippen molar-refractivity contribution in [2.45, 2.75) is 13.1 Å². The summed E-state index contributed by atoms with van der Waals surface area (Å²) in [7, 11) is 0. The topological polar surface area (TPSA) is 99.7 Å². The molecule has 100 valence electrons. The Morgan fingerprint density at radius 3 is 2.53 bits per heavy atom. The average Bonchev–Trinajstić information content (AvgIpc) is 2.22. The smallest absolute Gasteiger partial charge is 0.400 e. The maximum absolute atomic E-state index is 12.4. The van der Waals surface area contributed by atoms with Gasteiger partial charge in [0.15, 0.2) is 5.84 Å². The minimum absolute atomic E-state index is 0.265. The van der Waals surface area contributed by atoms with Gasteiger partial charge >= 0.3 is 6.18 Å². The molecule has 0 rings (SSSR count). The summed E-state index contributed by atoms with van der Waals surface area (Å²) in [4.78, 5) is 10.9. The molecule has 1 amide bonds. The molecule has 6 nitrogen and oxygen atoms in total. The number of oxime groups is 1. The molecule has 0 aliphatic carbocycles. The van der Waals surface area contributed by atoms with Crippen LogP contribution in [0.15, 0.2) is 5.16 Å². The molecule has 0 aromatic rings. The molecule has 0 radical (unpaired) electrons. The van der Waals surface area contributed by atoms with Gasteiger partial charge in [-0.25, -0.2) is 0 Å². The highest BCUT2D eigenvalue weighted by Gasteiger charge is 2.42. The molecule has 0 saturated heterocycles. The van der Waals surface area contributed by atoms with Crippen LogP contribution in [0.1, 0.15) is 6.92 Å². The first-order valence-electron chi connectivity index (χ1n) is 4.84. The van der Waals surface area contributed by atoms with E-state index in [2.05, 4.69) is 15.8 Å². The minimum Gasteiger partial charge on any atom is -0.409 e. The summed E-state index contributed by atoms with van der Waals surface area (Å²) in [5.41, 5.74) is 4.92. The molecule has 0 aromatic carbocycles. The predicted octanol–water partition coefficient (Wildman–Crippen LogP) is -0.363. The third-order valence-electron chi connectivity index (χ3n) is 1.88. The Labute approximate surface area is 96.0 Å². The van der Waals surface area contributed by atoms with Gasteiger partial charge in [-0.05, 0) is 6.92 Å². The lowest BCUT2D eigenvalue weighted by Crippen LogP contribution is -2.45. The van der Waals surface area contributed by atoms with Crippen molar-refractivity contribution in [1.29, 1.82) is 0 Å². The molecule has 1 atom stereocenters. The highest BCUT2D eigenvalue weighted by atomic mass is 19.4. The number of halogens is 3. The second-order valence-electron chi connectivity index (χ2n) is 3.20. The molecule has 17 heavy (non-hydrogen) atoms. The van der Waals surface area contributed by atoms with Crippen LogP contribution in [0.25, 0.3) is 0 Å². The number of nitrogens with zero attached hydrogens (tertiary/aromatic N) is 1. The first-order valence-corrected chi connectivity index (χ1v) is 4.84. The summed E-state index contributed by atoms with van der Waals surface area (Å²) >= 11 is 0. The number of nitrogens with one attached hydrogen (secondary N) is 2. The van der Waals surface area contributed by atoms with Gasteiger partial charge in [0.05, 0.1) is 6.54 Å². The number of likely N-dealkylation sites (N-methyl/N-ethyl adjacent to an activating group) is 1. The Morgan fingerprint density at radius 2 is 2.12 bits per heavy atom. The van der Waals surface area contributed by atoms with Crippen molar-refractivity contribution in [3.8, 4) is 0 Å². The van der Waals surface area contributed by atoms with Gasteiger partial charge in [0, 0.05) is 13.1 Å². The Kier molecular flexibility index (Phi) is 6.33. The summed E-state index contributed by atoms with van der Waals surface area (Å²) in [5, 5.41) is 15.2. The van der Waals surface area contributed by atoms with Gasteiger partial charge in [-0.1, -0.05) is 5.16 Å². The molecule has 0 aliphatic rings. The van der Waals surface area contributed by atoms with Crippen LogP contribution in [0.4, 0.5) is 13.2 Å². The van der Waals surface area contributed by atoms with Gasteiger partial charge in [-0.2, -0.15) is 13.2 Å². The second kappa shape index (κ2) is 6.94. The van der Waals surface area contributed by atoms with Crippen molar-refractivity contribution in [2.24, 2.45) is 16.8 Å². The third-order valence-corrected chi connectivity index (χ3v) is 1.88. The van der Waals surface area contributed by atoms with Crippen molar-refractivity contribution in [2.75, 3.05) is 19.6 Å². The zero-order valence-electron chi connectivity index (χ0n) is 9.21. The SMILES string of the molecule is CCNC(=O)CNCC(C(N)=NO)C(F)(F)F. The van der Waals surface area contributed by atoms with Crippen LogP contribution in [0.5, 0.6) is 0 Å². The number of amidine groups is 1. The number of rotatable bonds is 6. The van der Waals surface area contributed by atoms with E-state index in [1.807, 2.05) is 0 Å². The molecule has 9 heteroatoms. The van der Waals surface area contributed by atoms with Crippen LogP contribution in [-0.4, -0.2) is 42.8 Å². The highest BCUT2D eigenvalue weighted by molar-refractivity contribution is 5.83. The highest BCUT2D eigenvalue weighted by Crippen LogP contribution is 2.25. The van der Waals surface area contributed by atoms with E-state index in [4.69, 9.17) is 10.9 Å². The molecule has 0 aliphatic heterocycles. The fourth-order valence-corrected chi connectivity index (χ4v) is 1.05. The van der Waals surface area contributed by atoms with Crippen molar-refractivity contribution in [1.82, 2.24) is 10.6 Å². The minimum atomic E-state index is -4.63. The Bertz CT molecular complexity index is 280. The zero-order chi connectivity index (χ0) is 13.5. The van der Waals surface area contributed by atoms with Crippen LogP contribution in [0, 0.1) is 5.92 Å². The van der Waals surface area contributed by atoms with Crippen LogP contribution >= 0.6 is 0 Å². The molecule has 0 heterocycles. The Hall–Kier alpha value is -1.51. The molecule has 0 spiro atoms. The van der Waals surface area contributed by atoms with E-state index >= 15 is 0 Å². The summed E-state index contributed by atoms with van der Waals surface area (Å²) in [6.07, 6.45) is -4.63. The first kappa shape index (κ1) is 15.5. The average molecular weight is 256 g/mol. The van der Waals surface area contributed by atoms with Crippen molar-refractivity contribution >= 4 is 11.7 Å². The van der Waals surface area contributed by atoms with E-state index in [9.17, 15) is 18.0 Å². The van der Waals surface area contributed by atoms with Crippen LogP contribution in [-0.2, 0) is 4.79 Å². The van der Waals surface area contributed by atoms with Crippen molar-refractivity contribution < 1.29 is 23.2 Å². The van der Waals surface area contributed by atoms with E-state index < -0.39 is 30.4 Å². The number of alkyl halides is 3. The lowest BCUT2D eigenvalue weighted by atomic mass is 10.1. The van der Waals surface area contributed by atoms with Gasteiger partial charge in [0.25, 0.3) is 0 Å². The molecule has 1 unspecified atom stereocenters. The lowest BCUT2D eigenvalue weighted by Gasteiger charge is -2.19. The van der Waals surface area contributed by atoms with Gasteiger partial charge < -0.3 is 21.6 Å². The van der Waals surface area contributed by atoms with E-state index in [1.54, 1.807) is 6.92 Å². The maximum atomic E-state index is 12.4. The van der Waals surface area contributed by atoms with E-state index in [-0.39, 0.29) is 6.54 Å². The number of hydrogen-bond acceptors (Lipinski definition) is 4. The van der Waals surface area contributed by atoms with Crippen LogP contribution in [0.3, 0.4) is 0 Å². The number of nitrogens with two attached hydrogens (primary N) is 1. The quantitative estimate of drug-likeness (QED) is 0.225. The molecular weight excluding hydrogens is 241 g/mol. The third kappa shape index (κ3) is 5.95. The number of hydrogen-bond donors (Lipinski definition) is 4. The van der Waals surface area contributed by atoms with Crippen LogP contribution in [0.2, 0.25) is 0 Å². The van der Waals surface area contributed by atoms with Gasteiger partial charge in [-0.3, -0.25) is 4.79 Å². The van der Waals surface area contributed by atoms with E-state index in [1.165, 1.54) is 0 Å². The van der Waals surface area contributed by atoms with Crippen molar-refractivity contribution in [3.63, 3.8) is 0 Å². The van der Waals surface area contributed by atoms with Gasteiger partial charge in [0.1, 0.15) is 5.92 Å². The Morgan fingerprint density at radius 1 is 1.53 bits per heavy atom. The molecule has 0 bridgehead atoms. The molecular formula is C8H15F3N4O2. The standard InChI is InChI=1S/C8H15F3N4O2/c1-2-14-6(16)4-13-3-5(7(12)15-17)8(9,10)11/h5,13,17H,2-4H2,1H3,(H2,12,15)(H,14,16). The molecule has 5 N–H and O–H groups in total. The summed E-state index contributed by atoms with van der Waals surface area (Å²) in [6.45, 7) is 1.19. The fraction of sp³-hybridized carbons (Fsp3) is 0.750. The second-order valence-corrected chi connectivity index (χ2v) is 3.20. The molecule has 0 saturated carbocycles. The Balaban J connectivity index is 4.25. The normalized spacial score (nSPS) is 14.5. The summed E-state index contributed by atoms with van der Waals surface area (Å²) < 4.78 is 37.3. The lowest BCUT2D eigenvalue weighted by molar-refractivity contribution is -0.155. The zero-order valence-corrected chi connectivity index (χ0v) is 9.21. The van der Waals surface area contributed by atoms with Gasteiger partial charge in [-0.15, -0.1) is 0 Å².